The minimum atomic E-state index is -4.67. The second-order valence-electron chi connectivity index (χ2n) is 7.08. The Morgan fingerprint density at radius 3 is 2.37 bits per heavy atom. The van der Waals surface area contributed by atoms with Gasteiger partial charge in [-0.2, -0.15) is 21.6 Å². The van der Waals surface area contributed by atoms with Crippen LogP contribution in [0.3, 0.4) is 0 Å². The Hall–Kier alpha value is -2.55. The van der Waals surface area contributed by atoms with Crippen molar-refractivity contribution in [2.75, 3.05) is 0 Å². The SMILES string of the molecule is CCCC(=O)N(Cc1cccc(OS(=O)(=O)c2cccc(C(F)(F)F)c2)c1)C(C)C. The molecule has 2 aromatic rings. The minimum Gasteiger partial charge on any atom is -0.379 e. The van der Waals surface area contributed by atoms with E-state index in [1.165, 1.54) is 12.1 Å². The Balaban J connectivity index is 2.25. The van der Waals surface area contributed by atoms with Gasteiger partial charge in [0.05, 0.1) is 5.56 Å². The predicted octanol–water partition coefficient (Wildman–Crippen LogP) is 5.01. The third-order valence-electron chi connectivity index (χ3n) is 4.31. The number of halogens is 3. The topological polar surface area (TPSA) is 63.7 Å². The molecule has 1 amide bonds. The van der Waals surface area contributed by atoms with Crippen molar-refractivity contribution in [2.24, 2.45) is 0 Å². The Morgan fingerprint density at radius 2 is 1.77 bits per heavy atom. The fraction of sp³-hybridized carbons (Fsp3) is 0.381. The first-order valence-electron chi connectivity index (χ1n) is 9.44. The molecule has 0 N–H and O–H groups in total. The average molecular weight is 443 g/mol. The zero-order valence-corrected chi connectivity index (χ0v) is 17.8. The summed E-state index contributed by atoms with van der Waals surface area (Å²) in [6.07, 6.45) is -3.56. The number of benzene rings is 2. The first-order valence-corrected chi connectivity index (χ1v) is 10.8. The molecule has 0 heterocycles. The van der Waals surface area contributed by atoms with Gasteiger partial charge in [-0.1, -0.05) is 25.1 Å². The summed E-state index contributed by atoms with van der Waals surface area (Å²) in [5.74, 6) is -0.0630. The van der Waals surface area contributed by atoms with Gasteiger partial charge in [-0.05, 0) is 56.2 Å². The minimum absolute atomic E-state index is 0.0181. The van der Waals surface area contributed by atoms with Crippen LogP contribution >= 0.6 is 0 Å². The van der Waals surface area contributed by atoms with Crippen LogP contribution in [-0.4, -0.2) is 25.3 Å². The fourth-order valence-electron chi connectivity index (χ4n) is 2.81. The maximum absolute atomic E-state index is 12.9. The molecule has 0 saturated carbocycles. The molecule has 164 valence electrons. The highest BCUT2D eigenvalue weighted by Gasteiger charge is 2.32. The van der Waals surface area contributed by atoms with Crippen LogP contribution in [0.5, 0.6) is 5.75 Å². The fourth-order valence-corrected chi connectivity index (χ4v) is 3.78. The van der Waals surface area contributed by atoms with Crippen LogP contribution in [0.1, 0.15) is 44.7 Å². The molecule has 0 saturated heterocycles. The lowest BCUT2D eigenvalue weighted by Gasteiger charge is -2.27. The van der Waals surface area contributed by atoms with E-state index >= 15 is 0 Å². The lowest BCUT2D eigenvalue weighted by molar-refractivity contribution is -0.137. The molecule has 9 heteroatoms. The zero-order valence-electron chi connectivity index (χ0n) is 16.9. The first kappa shape index (κ1) is 23.7. The van der Waals surface area contributed by atoms with Crippen LogP contribution in [0.4, 0.5) is 13.2 Å². The number of hydrogen-bond donors (Lipinski definition) is 0. The van der Waals surface area contributed by atoms with E-state index in [1.54, 1.807) is 17.0 Å². The van der Waals surface area contributed by atoms with Crippen molar-refractivity contribution in [3.63, 3.8) is 0 Å². The van der Waals surface area contributed by atoms with E-state index in [0.717, 1.165) is 18.2 Å². The molecule has 0 fully saturated rings. The number of rotatable bonds is 8. The normalized spacial score (nSPS) is 12.1. The Labute approximate surface area is 174 Å². The smallest absolute Gasteiger partial charge is 0.379 e. The Morgan fingerprint density at radius 1 is 1.10 bits per heavy atom. The highest BCUT2D eigenvalue weighted by molar-refractivity contribution is 7.87. The molecule has 0 unspecified atom stereocenters. The maximum atomic E-state index is 12.9. The summed E-state index contributed by atoms with van der Waals surface area (Å²) in [4.78, 5) is 13.4. The number of nitrogens with zero attached hydrogens (tertiary/aromatic N) is 1. The molecule has 0 spiro atoms. The molecule has 2 rings (SSSR count). The lowest BCUT2D eigenvalue weighted by atomic mass is 10.1. The van der Waals surface area contributed by atoms with Crippen molar-refractivity contribution in [1.29, 1.82) is 0 Å². The van der Waals surface area contributed by atoms with Crippen LogP contribution in [0, 0.1) is 0 Å². The molecule has 30 heavy (non-hydrogen) atoms. The van der Waals surface area contributed by atoms with Crippen LogP contribution in [0.25, 0.3) is 0 Å². The summed E-state index contributed by atoms with van der Waals surface area (Å²) in [6, 6.07) is 9.45. The van der Waals surface area contributed by atoms with Crippen molar-refractivity contribution >= 4 is 16.0 Å². The number of carbonyl (C=O) groups is 1. The van der Waals surface area contributed by atoms with E-state index in [0.29, 0.717) is 24.5 Å². The molecular weight excluding hydrogens is 419 g/mol. The van der Waals surface area contributed by atoms with Crippen molar-refractivity contribution in [3.05, 3.63) is 59.7 Å². The van der Waals surface area contributed by atoms with Gasteiger partial charge in [-0.3, -0.25) is 4.79 Å². The van der Waals surface area contributed by atoms with Gasteiger partial charge in [0.15, 0.2) is 0 Å². The Kier molecular flexibility index (Phi) is 7.52. The summed E-state index contributed by atoms with van der Waals surface area (Å²) < 4.78 is 68.6. The van der Waals surface area contributed by atoms with E-state index in [2.05, 4.69) is 0 Å². The Bertz CT molecular complexity index is 988. The van der Waals surface area contributed by atoms with Crippen molar-refractivity contribution < 1.29 is 30.6 Å². The number of amides is 1. The van der Waals surface area contributed by atoms with Gasteiger partial charge in [0.2, 0.25) is 5.91 Å². The molecular formula is C21H24F3NO4S. The molecule has 0 aromatic heterocycles. The molecule has 0 bridgehead atoms. The monoisotopic (exact) mass is 443 g/mol. The third kappa shape index (κ3) is 6.22. The zero-order chi connectivity index (χ0) is 22.5. The van der Waals surface area contributed by atoms with E-state index in [4.69, 9.17) is 4.18 Å². The van der Waals surface area contributed by atoms with Crippen LogP contribution in [0.15, 0.2) is 53.4 Å². The maximum Gasteiger partial charge on any atom is 0.416 e. The van der Waals surface area contributed by atoms with E-state index in [-0.39, 0.29) is 24.2 Å². The highest BCUT2D eigenvalue weighted by atomic mass is 32.2. The van der Waals surface area contributed by atoms with Crippen molar-refractivity contribution in [1.82, 2.24) is 4.90 Å². The number of carbonyl (C=O) groups excluding carboxylic acids is 1. The van der Waals surface area contributed by atoms with Gasteiger partial charge < -0.3 is 9.08 Å². The average Bonchev–Trinajstić information content (AvgIpc) is 2.65. The summed E-state index contributed by atoms with van der Waals surface area (Å²) in [7, 11) is -4.46. The van der Waals surface area contributed by atoms with E-state index in [9.17, 15) is 26.4 Å². The van der Waals surface area contributed by atoms with Crippen LogP contribution in [-0.2, 0) is 27.6 Å². The van der Waals surface area contributed by atoms with Gasteiger partial charge in [-0.15, -0.1) is 0 Å². The van der Waals surface area contributed by atoms with Gasteiger partial charge >= 0.3 is 16.3 Å². The third-order valence-corrected chi connectivity index (χ3v) is 5.56. The van der Waals surface area contributed by atoms with Crippen molar-refractivity contribution in [3.8, 4) is 5.75 Å². The number of alkyl halides is 3. The van der Waals surface area contributed by atoms with Crippen LogP contribution in [0.2, 0.25) is 0 Å². The molecule has 2 aromatic carbocycles. The first-order chi connectivity index (χ1) is 13.9. The second kappa shape index (κ2) is 9.51. The molecule has 5 nitrogen and oxygen atoms in total. The lowest BCUT2D eigenvalue weighted by Crippen LogP contribution is -2.36. The van der Waals surface area contributed by atoms with E-state index in [1.807, 2.05) is 20.8 Å². The summed E-state index contributed by atoms with van der Waals surface area (Å²) in [5, 5.41) is 0. The quantitative estimate of drug-likeness (QED) is 0.538. The van der Waals surface area contributed by atoms with Gasteiger partial charge in [-0.25, -0.2) is 0 Å². The van der Waals surface area contributed by atoms with Gasteiger partial charge in [0.1, 0.15) is 10.6 Å². The summed E-state index contributed by atoms with van der Waals surface area (Å²) in [6.45, 7) is 5.93. The number of hydrogen-bond acceptors (Lipinski definition) is 4. The molecule has 0 aliphatic heterocycles. The van der Waals surface area contributed by atoms with Gasteiger partial charge in [0, 0.05) is 19.0 Å². The summed E-state index contributed by atoms with van der Waals surface area (Å²) >= 11 is 0. The standard InChI is InChI=1S/C21H24F3NO4S/c1-4-7-20(26)25(15(2)3)14-16-8-5-10-18(12-16)29-30(27,28)19-11-6-9-17(13-19)21(22,23)24/h5-6,8-13,15H,4,7,14H2,1-3H3. The van der Waals surface area contributed by atoms with Crippen LogP contribution < -0.4 is 4.18 Å². The molecule has 0 aliphatic rings. The molecule has 0 radical (unpaired) electrons. The largest absolute Gasteiger partial charge is 0.416 e. The summed E-state index contributed by atoms with van der Waals surface area (Å²) in [5.41, 5.74) is -0.437. The van der Waals surface area contributed by atoms with E-state index < -0.39 is 26.8 Å². The molecule has 0 aliphatic carbocycles. The van der Waals surface area contributed by atoms with Crippen molar-refractivity contribution in [2.45, 2.75) is 57.3 Å². The second-order valence-corrected chi connectivity index (χ2v) is 8.62. The molecule has 0 atom stereocenters. The highest BCUT2D eigenvalue weighted by Crippen LogP contribution is 2.31. The van der Waals surface area contributed by atoms with Gasteiger partial charge in [0.25, 0.3) is 0 Å². The predicted molar refractivity (Wildman–Crippen MR) is 106 cm³/mol.